The number of likely N-dealkylation sites (tertiary alicyclic amines) is 1. The van der Waals surface area contributed by atoms with Gasteiger partial charge in [-0.15, -0.1) is 0 Å². The molecular formula is C19H22FN3O2. The van der Waals surface area contributed by atoms with Crippen molar-refractivity contribution >= 4 is 11.7 Å². The second-order valence-corrected chi connectivity index (χ2v) is 6.56. The smallest absolute Gasteiger partial charge is 0.321 e. The van der Waals surface area contributed by atoms with Gasteiger partial charge in [0.2, 0.25) is 5.56 Å². The van der Waals surface area contributed by atoms with Crippen molar-refractivity contribution < 1.29 is 9.18 Å². The summed E-state index contributed by atoms with van der Waals surface area (Å²) < 4.78 is 14.7. The predicted molar refractivity (Wildman–Crippen MR) is 95.1 cm³/mol. The molecule has 3 rings (SSSR count). The second kappa shape index (κ2) is 7.51. The Balaban J connectivity index is 1.52. The van der Waals surface area contributed by atoms with E-state index in [2.05, 4.69) is 5.32 Å². The summed E-state index contributed by atoms with van der Waals surface area (Å²) in [7, 11) is 1.65. The molecule has 1 aliphatic rings. The molecule has 2 amide bonds. The number of carbonyl (C=O) groups is 1. The Bertz CT molecular complexity index is 810. The van der Waals surface area contributed by atoms with Crippen molar-refractivity contribution in [2.24, 2.45) is 13.0 Å². The Kier molecular flexibility index (Phi) is 5.16. The average molecular weight is 343 g/mol. The molecule has 0 radical (unpaired) electrons. The molecule has 5 nitrogen and oxygen atoms in total. The van der Waals surface area contributed by atoms with E-state index < -0.39 is 0 Å². The number of aryl methyl sites for hydroxylation is 1. The summed E-state index contributed by atoms with van der Waals surface area (Å²) >= 11 is 0. The van der Waals surface area contributed by atoms with Gasteiger partial charge in [-0.25, -0.2) is 9.18 Å². The van der Waals surface area contributed by atoms with Crippen molar-refractivity contribution in [3.8, 4) is 0 Å². The molecule has 0 atom stereocenters. The van der Waals surface area contributed by atoms with Crippen LogP contribution in [-0.2, 0) is 13.5 Å². The summed E-state index contributed by atoms with van der Waals surface area (Å²) in [5, 5.41) is 2.83. The van der Waals surface area contributed by atoms with E-state index in [1.165, 1.54) is 16.7 Å². The summed E-state index contributed by atoms with van der Waals surface area (Å²) in [5.74, 6) is 0.259. The molecule has 0 aliphatic carbocycles. The number of benzene rings is 1. The average Bonchev–Trinajstić information content (AvgIpc) is 2.59. The number of hydrogen-bond donors (Lipinski definition) is 1. The Morgan fingerprint density at radius 2 is 2.00 bits per heavy atom. The van der Waals surface area contributed by atoms with E-state index in [4.69, 9.17) is 0 Å². The molecule has 1 aromatic carbocycles. The summed E-state index contributed by atoms with van der Waals surface area (Å²) in [4.78, 5) is 25.5. The van der Waals surface area contributed by atoms with Crippen LogP contribution in [0.4, 0.5) is 14.9 Å². The van der Waals surface area contributed by atoms with Crippen LogP contribution < -0.4 is 10.9 Å². The van der Waals surface area contributed by atoms with E-state index in [0.29, 0.717) is 24.7 Å². The number of nitrogens with zero attached hydrogens (tertiary/aromatic N) is 2. The number of amides is 2. The van der Waals surface area contributed by atoms with Gasteiger partial charge in [0.1, 0.15) is 5.82 Å². The van der Waals surface area contributed by atoms with Crippen LogP contribution in [0.3, 0.4) is 0 Å². The van der Waals surface area contributed by atoms with Crippen LogP contribution in [0.5, 0.6) is 0 Å². The SMILES string of the molecule is Cn1cc(NC(=O)N2CCC(Cc3cccc(F)c3)CC2)ccc1=O. The minimum atomic E-state index is -0.202. The summed E-state index contributed by atoms with van der Waals surface area (Å²) in [5.41, 5.74) is 1.50. The lowest BCUT2D eigenvalue weighted by Crippen LogP contribution is -2.41. The van der Waals surface area contributed by atoms with Crippen molar-refractivity contribution in [3.63, 3.8) is 0 Å². The molecule has 1 N–H and O–H groups in total. The van der Waals surface area contributed by atoms with Crippen molar-refractivity contribution in [1.82, 2.24) is 9.47 Å². The zero-order chi connectivity index (χ0) is 17.8. The standard InChI is InChI=1S/C19H22FN3O2/c1-22-13-17(5-6-18(22)24)21-19(25)23-9-7-14(8-10-23)11-15-3-2-4-16(20)12-15/h2-6,12-14H,7-11H2,1H3,(H,21,25). The molecule has 0 spiro atoms. The summed E-state index contributed by atoms with van der Waals surface area (Å²) in [6.07, 6.45) is 4.25. The molecule has 2 aromatic rings. The first-order chi connectivity index (χ1) is 12.0. The second-order valence-electron chi connectivity index (χ2n) is 6.56. The zero-order valence-corrected chi connectivity index (χ0v) is 14.2. The topological polar surface area (TPSA) is 54.3 Å². The maximum absolute atomic E-state index is 13.3. The van der Waals surface area contributed by atoms with Gasteiger partial charge in [0.15, 0.2) is 0 Å². The fourth-order valence-corrected chi connectivity index (χ4v) is 3.21. The number of hydrogen-bond acceptors (Lipinski definition) is 2. The van der Waals surface area contributed by atoms with E-state index in [9.17, 15) is 14.0 Å². The minimum Gasteiger partial charge on any atom is -0.325 e. The van der Waals surface area contributed by atoms with Crippen LogP contribution in [0, 0.1) is 11.7 Å². The van der Waals surface area contributed by atoms with E-state index in [0.717, 1.165) is 24.8 Å². The first-order valence-electron chi connectivity index (χ1n) is 8.48. The number of rotatable bonds is 3. The van der Waals surface area contributed by atoms with Gasteiger partial charge < -0.3 is 14.8 Å². The summed E-state index contributed by atoms with van der Waals surface area (Å²) in [6.45, 7) is 1.36. The van der Waals surface area contributed by atoms with Crippen molar-refractivity contribution in [1.29, 1.82) is 0 Å². The molecule has 1 saturated heterocycles. The highest BCUT2D eigenvalue weighted by Gasteiger charge is 2.23. The van der Waals surface area contributed by atoms with Crippen molar-refractivity contribution in [2.45, 2.75) is 19.3 Å². The largest absolute Gasteiger partial charge is 0.325 e. The number of anilines is 1. The molecule has 0 unspecified atom stereocenters. The molecular weight excluding hydrogens is 321 g/mol. The van der Waals surface area contributed by atoms with Crippen molar-refractivity contribution in [3.05, 3.63) is 64.3 Å². The van der Waals surface area contributed by atoms with Crippen molar-refractivity contribution in [2.75, 3.05) is 18.4 Å². The first-order valence-corrected chi connectivity index (χ1v) is 8.48. The number of nitrogens with one attached hydrogen (secondary N) is 1. The summed E-state index contributed by atoms with van der Waals surface area (Å²) in [6, 6.07) is 9.61. The van der Waals surface area contributed by atoms with Gasteiger partial charge in [-0.3, -0.25) is 4.79 Å². The Morgan fingerprint density at radius 3 is 2.68 bits per heavy atom. The third-order valence-electron chi connectivity index (χ3n) is 4.65. The van der Waals surface area contributed by atoms with Crippen LogP contribution in [-0.4, -0.2) is 28.6 Å². The number of pyridine rings is 1. The molecule has 1 fully saturated rings. The quantitative estimate of drug-likeness (QED) is 0.931. The first kappa shape index (κ1) is 17.2. The lowest BCUT2D eigenvalue weighted by atomic mass is 9.90. The van der Waals surface area contributed by atoms with Crippen LogP contribution in [0.25, 0.3) is 0 Å². The number of halogens is 1. The van der Waals surface area contributed by atoms with Crippen LogP contribution in [0.15, 0.2) is 47.4 Å². The number of urea groups is 1. The third kappa shape index (κ3) is 4.47. The van der Waals surface area contributed by atoms with E-state index in [1.54, 1.807) is 36.3 Å². The normalized spacial score (nSPS) is 15.2. The number of aromatic nitrogens is 1. The van der Waals surface area contributed by atoms with Gasteiger partial charge >= 0.3 is 6.03 Å². The fourth-order valence-electron chi connectivity index (χ4n) is 3.21. The van der Waals surface area contributed by atoms with Crippen LogP contribution in [0.2, 0.25) is 0 Å². The molecule has 1 aromatic heterocycles. The Labute approximate surface area is 146 Å². The molecule has 0 bridgehead atoms. The van der Waals surface area contributed by atoms with Gasteiger partial charge in [0.25, 0.3) is 0 Å². The van der Waals surface area contributed by atoms with E-state index in [-0.39, 0.29) is 17.4 Å². The molecule has 2 heterocycles. The predicted octanol–water partition coefficient (Wildman–Crippen LogP) is 3.01. The molecule has 6 heteroatoms. The fraction of sp³-hybridized carbons (Fsp3) is 0.368. The highest BCUT2D eigenvalue weighted by Crippen LogP contribution is 2.22. The molecule has 1 aliphatic heterocycles. The monoisotopic (exact) mass is 343 g/mol. The minimum absolute atomic E-state index is 0.115. The number of piperidine rings is 1. The van der Waals surface area contributed by atoms with E-state index in [1.807, 2.05) is 6.07 Å². The molecule has 0 saturated carbocycles. The van der Waals surface area contributed by atoms with Gasteiger partial charge in [-0.2, -0.15) is 0 Å². The van der Waals surface area contributed by atoms with Crippen LogP contribution >= 0.6 is 0 Å². The molecule has 25 heavy (non-hydrogen) atoms. The van der Waals surface area contributed by atoms with E-state index >= 15 is 0 Å². The highest BCUT2D eigenvalue weighted by atomic mass is 19.1. The van der Waals surface area contributed by atoms with Gasteiger partial charge in [-0.05, 0) is 48.9 Å². The lowest BCUT2D eigenvalue weighted by molar-refractivity contribution is 0.182. The van der Waals surface area contributed by atoms with Gasteiger partial charge in [-0.1, -0.05) is 12.1 Å². The van der Waals surface area contributed by atoms with Gasteiger partial charge in [0, 0.05) is 32.4 Å². The molecule has 132 valence electrons. The highest BCUT2D eigenvalue weighted by molar-refractivity contribution is 5.89. The zero-order valence-electron chi connectivity index (χ0n) is 14.2. The Morgan fingerprint density at radius 1 is 1.24 bits per heavy atom. The van der Waals surface area contributed by atoms with Crippen LogP contribution in [0.1, 0.15) is 18.4 Å². The maximum Gasteiger partial charge on any atom is 0.321 e. The Hall–Kier alpha value is -2.63. The third-order valence-corrected chi connectivity index (χ3v) is 4.65. The lowest BCUT2D eigenvalue weighted by Gasteiger charge is -2.32. The number of carbonyl (C=O) groups excluding carboxylic acids is 1. The maximum atomic E-state index is 13.3. The van der Waals surface area contributed by atoms with Gasteiger partial charge in [0.05, 0.1) is 5.69 Å².